The van der Waals surface area contributed by atoms with Crippen molar-refractivity contribution >= 4 is 17.4 Å². The normalized spacial score (nSPS) is 10.9. The van der Waals surface area contributed by atoms with Crippen LogP contribution in [0.4, 0.5) is 33.7 Å². The second-order valence-electron chi connectivity index (χ2n) is 5.71. The Morgan fingerprint density at radius 1 is 0.897 bits per heavy atom. The number of anilines is 2. The fourth-order valence-electron chi connectivity index (χ4n) is 2.26. The molecule has 29 heavy (non-hydrogen) atoms. The van der Waals surface area contributed by atoms with Crippen LogP contribution in [0.2, 0.25) is 0 Å². The van der Waals surface area contributed by atoms with E-state index in [4.69, 9.17) is 4.74 Å². The number of nitrogens with zero attached hydrogens (tertiary/aromatic N) is 1. The van der Waals surface area contributed by atoms with E-state index in [1.54, 1.807) is 48.8 Å². The van der Waals surface area contributed by atoms with Gasteiger partial charge in [-0.05, 0) is 54.6 Å². The lowest BCUT2D eigenvalue weighted by molar-refractivity contribution is -0.139. The maximum absolute atomic E-state index is 13.3. The summed E-state index contributed by atoms with van der Waals surface area (Å²) in [5.74, 6) is -0.261. The summed E-state index contributed by atoms with van der Waals surface area (Å²) in [5.41, 5.74) is 3.68. The third-order valence-electron chi connectivity index (χ3n) is 3.59. The molecule has 0 atom stereocenters. The molecule has 6 nitrogen and oxygen atoms in total. The van der Waals surface area contributed by atoms with Gasteiger partial charge in [0.05, 0.1) is 11.3 Å². The Morgan fingerprint density at radius 2 is 1.52 bits per heavy atom. The minimum atomic E-state index is -4.86. The summed E-state index contributed by atoms with van der Waals surface area (Å²) in [6, 6.07) is 11.3. The van der Waals surface area contributed by atoms with E-state index in [0.717, 1.165) is 6.07 Å². The fourth-order valence-corrected chi connectivity index (χ4v) is 2.26. The van der Waals surface area contributed by atoms with E-state index in [0.29, 0.717) is 29.3 Å². The molecule has 0 fully saturated rings. The van der Waals surface area contributed by atoms with Crippen LogP contribution in [0.5, 0.6) is 11.5 Å². The fraction of sp³-hybridized carbons (Fsp3) is 0.0526. The molecule has 0 radical (unpaired) electrons. The first-order chi connectivity index (χ1) is 13.8. The molecule has 3 aromatic rings. The second kappa shape index (κ2) is 8.46. The van der Waals surface area contributed by atoms with Crippen molar-refractivity contribution in [3.8, 4) is 11.5 Å². The molecular formula is C19H14F4N4O2. The standard InChI is InChI=1S/C19H14F4N4O2/c20-17-6-3-13(11-16(17)19(21,22)23)25-18(28)27-26-12-1-4-14(5-2-12)29-15-7-9-24-10-8-15/h1-11,26H,(H2,25,27,28). The Morgan fingerprint density at radius 3 is 2.17 bits per heavy atom. The number of ether oxygens (including phenoxy) is 1. The van der Waals surface area contributed by atoms with E-state index in [1.165, 1.54) is 0 Å². The van der Waals surface area contributed by atoms with Gasteiger partial charge in [0.1, 0.15) is 17.3 Å². The van der Waals surface area contributed by atoms with Crippen LogP contribution in [0.15, 0.2) is 67.0 Å². The third-order valence-corrected chi connectivity index (χ3v) is 3.59. The number of pyridine rings is 1. The molecule has 0 aliphatic heterocycles. The van der Waals surface area contributed by atoms with Gasteiger partial charge in [-0.15, -0.1) is 0 Å². The van der Waals surface area contributed by atoms with Crippen LogP contribution in [-0.2, 0) is 6.18 Å². The molecule has 2 amide bonds. The van der Waals surface area contributed by atoms with Gasteiger partial charge in [-0.25, -0.2) is 9.18 Å². The maximum atomic E-state index is 13.3. The average Bonchev–Trinajstić information content (AvgIpc) is 2.69. The molecule has 0 unspecified atom stereocenters. The SMILES string of the molecule is O=C(NNc1ccc(Oc2ccncc2)cc1)Nc1ccc(F)c(C(F)(F)F)c1. The van der Waals surface area contributed by atoms with Crippen molar-refractivity contribution in [2.75, 3.05) is 10.7 Å². The van der Waals surface area contributed by atoms with Gasteiger partial charge in [0, 0.05) is 18.1 Å². The molecule has 3 rings (SSSR count). The van der Waals surface area contributed by atoms with E-state index in [2.05, 4.69) is 21.2 Å². The van der Waals surface area contributed by atoms with Crippen LogP contribution < -0.4 is 20.9 Å². The predicted molar refractivity (Wildman–Crippen MR) is 97.9 cm³/mol. The number of halogens is 4. The number of hydrazine groups is 1. The number of urea groups is 1. The molecule has 3 N–H and O–H groups in total. The molecule has 1 aromatic heterocycles. The Bertz CT molecular complexity index is 980. The lowest BCUT2D eigenvalue weighted by Gasteiger charge is -2.13. The summed E-state index contributed by atoms with van der Waals surface area (Å²) in [6.45, 7) is 0. The van der Waals surface area contributed by atoms with E-state index < -0.39 is 23.6 Å². The van der Waals surface area contributed by atoms with Gasteiger partial charge < -0.3 is 10.1 Å². The molecule has 2 aromatic carbocycles. The molecule has 0 aliphatic rings. The monoisotopic (exact) mass is 406 g/mol. The van der Waals surface area contributed by atoms with Crippen LogP contribution in [0.25, 0.3) is 0 Å². The zero-order chi connectivity index (χ0) is 20.9. The Kier molecular flexibility index (Phi) is 5.82. The lowest BCUT2D eigenvalue weighted by Crippen LogP contribution is -2.33. The molecule has 0 aliphatic carbocycles. The average molecular weight is 406 g/mol. The molecule has 0 bridgehead atoms. The van der Waals surface area contributed by atoms with Gasteiger partial charge in [0.25, 0.3) is 0 Å². The highest BCUT2D eigenvalue weighted by molar-refractivity contribution is 5.90. The van der Waals surface area contributed by atoms with Crippen LogP contribution in [0.3, 0.4) is 0 Å². The van der Waals surface area contributed by atoms with Gasteiger partial charge in [-0.3, -0.25) is 15.8 Å². The van der Waals surface area contributed by atoms with E-state index >= 15 is 0 Å². The number of carbonyl (C=O) groups excluding carboxylic acids is 1. The van der Waals surface area contributed by atoms with Crippen LogP contribution >= 0.6 is 0 Å². The van der Waals surface area contributed by atoms with Gasteiger partial charge in [0.2, 0.25) is 0 Å². The van der Waals surface area contributed by atoms with Gasteiger partial charge in [0.15, 0.2) is 0 Å². The minimum absolute atomic E-state index is 0.209. The van der Waals surface area contributed by atoms with E-state index in [1.807, 2.05) is 0 Å². The second-order valence-corrected chi connectivity index (χ2v) is 5.71. The summed E-state index contributed by atoms with van der Waals surface area (Å²) >= 11 is 0. The highest BCUT2D eigenvalue weighted by Crippen LogP contribution is 2.33. The topological polar surface area (TPSA) is 75.3 Å². The summed E-state index contributed by atoms with van der Waals surface area (Å²) in [6.07, 6.45) is -1.68. The first-order valence-corrected chi connectivity index (χ1v) is 8.19. The number of hydrogen-bond donors (Lipinski definition) is 3. The van der Waals surface area contributed by atoms with Crippen molar-refractivity contribution in [1.29, 1.82) is 0 Å². The van der Waals surface area contributed by atoms with Gasteiger partial charge >= 0.3 is 12.2 Å². The number of carbonyl (C=O) groups is 1. The number of amides is 2. The summed E-state index contributed by atoms with van der Waals surface area (Å²) in [7, 11) is 0. The number of benzene rings is 2. The Balaban J connectivity index is 1.54. The highest BCUT2D eigenvalue weighted by Gasteiger charge is 2.34. The van der Waals surface area contributed by atoms with Gasteiger partial charge in [-0.2, -0.15) is 13.2 Å². The number of nitrogens with one attached hydrogen (secondary N) is 3. The van der Waals surface area contributed by atoms with E-state index in [-0.39, 0.29) is 5.69 Å². The van der Waals surface area contributed by atoms with Gasteiger partial charge in [-0.1, -0.05) is 0 Å². The first kappa shape index (κ1) is 19.9. The van der Waals surface area contributed by atoms with Crippen molar-refractivity contribution < 1.29 is 27.1 Å². The number of alkyl halides is 3. The summed E-state index contributed by atoms with van der Waals surface area (Å²) in [4.78, 5) is 15.7. The zero-order valence-electron chi connectivity index (χ0n) is 14.6. The Hall–Kier alpha value is -3.82. The molecule has 0 saturated heterocycles. The van der Waals surface area contributed by atoms with Crippen molar-refractivity contribution in [2.45, 2.75) is 6.18 Å². The molecule has 0 spiro atoms. The third kappa shape index (κ3) is 5.58. The smallest absolute Gasteiger partial charge is 0.419 e. The molecule has 1 heterocycles. The van der Waals surface area contributed by atoms with Crippen molar-refractivity contribution in [3.63, 3.8) is 0 Å². The lowest BCUT2D eigenvalue weighted by atomic mass is 10.2. The maximum Gasteiger partial charge on any atom is 0.419 e. The first-order valence-electron chi connectivity index (χ1n) is 8.19. The summed E-state index contributed by atoms with van der Waals surface area (Å²) in [5, 5.41) is 2.19. The highest BCUT2D eigenvalue weighted by atomic mass is 19.4. The molecule has 10 heteroatoms. The molecular weight excluding hydrogens is 392 g/mol. The van der Waals surface area contributed by atoms with E-state index in [9.17, 15) is 22.4 Å². The predicted octanol–water partition coefficient (Wildman–Crippen LogP) is 5.18. The van der Waals surface area contributed by atoms with Crippen LogP contribution in [-0.4, -0.2) is 11.0 Å². The minimum Gasteiger partial charge on any atom is -0.457 e. The molecule has 0 saturated carbocycles. The summed E-state index contributed by atoms with van der Waals surface area (Å²) < 4.78 is 57.0. The van der Waals surface area contributed by atoms with Crippen molar-refractivity contribution in [1.82, 2.24) is 10.4 Å². The number of rotatable bonds is 5. The molecule has 150 valence electrons. The largest absolute Gasteiger partial charge is 0.457 e. The zero-order valence-corrected chi connectivity index (χ0v) is 14.6. The Labute approximate surface area is 162 Å². The quantitative estimate of drug-likeness (QED) is 0.403. The van der Waals surface area contributed by atoms with Crippen molar-refractivity contribution in [2.24, 2.45) is 0 Å². The van der Waals surface area contributed by atoms with Crippen LogP contribution in [0.1, 0.15) is 5.56 Å². The van der Waals surface area contributed by atoms with Crippen molar-refractivity contribution in [3.05, 3.63) is 78.4 Å². The number of hydrogen-bond acceptors (Lipinski definition) is 4. The van der Waals surface area contributed by atoms with Crippen LogP contribution in [0, 0.1) is 5.82 Å². The number of aromatic nitrogens is 1.